The molecule has 0 bridgehead atoms. The third kappa shape index (κ3) is 1.08. The van der Waals surface area contributed by atoms with Crippen molar-refractivity contribution in [2.24, 2.45) is 0 Å². The van der Waals surface area contributed by atoms with Gasteiger partial charge in [0.2, 0.25) is 0 Å². The number of hydrogen-bond acceptors (Lipinski definition) is 5. The molecule has 1 N–H and O–H groups in total. The quantitative estimate of drug-likeness (QED) is 0.751. The number of furan rings is 1. The van der Waals surface area contributed by atoms with Crippen molar-refractivity contribution in [2.45, 2.75) is 0 Å². The Hall–Kier alpha value is -2.11. The lowest BCUT2D eigenvalue weighted by Crippen LogP contribution is -1.95. The van der Waals surface area contributed by atoms with Crippen LogP contribution in [0.3, 0.4) is 0 Å². The fourth-order valence-electron chi connectivity index (χ4n) is 1.11. The van der Waals surface area contributed by atoms with Crippen LogP contribution in [-0.2, 0) is 4.94 Å². The number of carbonyl (C=O) groups is 1. The molecule has 0 spiro atoms. The summed E-state index contributed by atoms with van der Waals surface area (Å²) in [6, 6.07) is 1.43. The average Bonchev–Trinajstić information content (AvgIpc) is 2.56. The maximum atomic E-state index is 11.5. The zero-order chi connectivity index (χ0) is 10.1. The Balaban J connectivity index is 2.68. The molecule has 0 aliphatic carbocycles. The van der Waals surface area contributed by atoms with Crippen molar-refractivity contribution in [3.63, 3.8) is 0 Å². The topological polar surface area (TPSA) is 72.6 Å². The molecule has 0 aliphatic heterocycles. The molecule has 0 radical (unpaired) electrons. The van der Waals surface area contributed by atoms with Crippen molar-refractivity contribution < 1.29 is 23.8 Å². The Morgan fingerprint density at radius 3 is 3.07 bits per heavy atom. The largest absolute Gasteiger partial charge is 0.504 e. The number of hydrogen-bond donors (Lipinski definition) is 1. The van der Waals surface area contributed by atoms with E-state index in [1.54, 1.807) is 0 Å². The summed E-state index contributed by atoms with van der Waals surface area (Å²) in [5, 5.41) is 9.68. The van der Waals surface area contributed by atoms with Crippen LogP contribution in [0.1, 0.15) is 10.6 Å². The lowest BCUT2D eigenvalue weighted by Gasteiger charge is -1.88. The molecule has 72 valence electrons. The predicted octanol–water partition coefficient (Wildman–Crippen LogP) is 1.57. The lowest BCUT2D eigenvalue weighted by molar-refractivity contribution is -0.0812. The van der Waals surface area contributed by atoms with E-state index in [1.807, 2.05) is 0 Å². The van der Waals surface area contributed by atoms with Gasteiger partial charge in [-0.15, -0.1) is 0 Å². The van der Waals surface area contributed by atoms with Gasteiger partial charge < -0.3 is 9.52 Å². The van der Waals surface area contributed by atoms with Crippen molar-refractivity contribution in [2.75, 3.05) is 0 Å². The first-order valence-electron chi connectivity index (χ1n) is 3.62. The Morgan fingerprint density at radius 2 is 2.43 bits per heavy atom. The molecule has 2 aromatic heterocycles. The fourth-order valence-corrected chi connectivity index (χ4v) is 1.11. The molecule has 2 aromatic rings. The second-order valence-electron chi connectivity index (χ2n) is 2.52. The normalized spacial score (nSPS) is 10.4. The highest BCUT2D eigenvalue weighted by atomic mass is 19.3. The third-order valence-corrected chi connectivity index (χ3v) is 1.72. The number of fused-ring (bicyclic) bond motifs is 1. The minimum Gasteiger partial charge on any atom is -0.504 e. The number of aromatic hydroxyl groups is 1. The van der Waals surface area contributed by atoms with Crippen LogP contribution in [0.5, 0.6) is 5.75 Å². The summed E-state index contributed by atoms with van der Waals surface area (Å²) in [5.74, 6) is -2.40. The molecular weight excluding hydrogens is 193 g/mol. The molecule has 0 atom stereocenters. The van der Waals surface area contributed by atoms with E-state index in [0.29, 0.717) is 0 Å². The third-order valence-electron chi connectivity index (χ3n) is 1.72. The molecule has 14 heavy (non-hydrogen) atoms. The van der Waals surface area contributed by atoms with Gasteiger partial charge in [-0.25, -0.2) is 9.74 Å². The van der Waals surface area contributed by atoms with Gasteiger partial charge in [-0.05, 0) is 6.07 Å². The van der Waals surface area contributed by atoms with Crippen molar-refractivity contribution in [3.8, 4) is 5.75 Å². The first-order chi connectivity index (χ1) is 6.74. The monoisotopic (exact) mass is 197 g/mol. The highest BCUT2D eigenvalue weighted by Gasteiger charge is 2.22. The number of rotatable bonds is 1. The minimum atomic E-state index is -1.38. The van der Waals surface area contributed by atoms with Gasteiger partial charge in [0.15, 0.2) is 11.3 Å². The van der Waals surface area contributed by atoms with Gasteiger partial charge >= 0.3 is 5.97 Å². The van der Waals surface area contributed by atoms with Crippen molar-refractivity contribution >= 4 is 16.9 Å². The van der Waals surface area contributed by atoms with E-state index in [2.05, 4.69) is 9.93 Å². The van der Waals surface area contributed by atoms with Crippen LogP contribution in [0.15, 0.2) is 22.9 Å². The molecule has 5 nitrogen and oxygen atoms in total. The summed E-state index contributed by atoms with van der Waals surface area (Å²) in [6.07, 6.45) is 2.70. The van der Waals surface area contributed by atoms with Gasteiger partial charge in [-0.1, -0.05) is 0 Å². The zero-order valence-electron chi connectivity index (χ0n) is 6.73. The van der Waals surface area contributed by atoms with Crippen LogP contribution >= 0.6 is 0 Å². The fraction of sp³-hybridized carbons (Fsp3) is 0. The van der Waals surface area contributed by atoms with Crippen molar-refractivity contribution in [1.82, 2.24) is 4.98 Å². The number of pyridine rings is 1. The Bertz CT molecular complexity index is 493. The van der Waals surface area contributed by atoms with Crippen LogP contribution in [0, 0.1) is 0 Å². The molecule has 0 amide bonds. The van der Waals surface area contributed by atoms with Gasteiger partial charge in [-0.2, -0.15) is 0 Å². The number of aromatic nitrogens is 1. The Morgan fingerprint density at radius 1 is 1.64 bits per heavy atom. The molecule has 0 aromatic carbocycles. The minimum absolute atomic E-state index is 0.186. The van der Waals surface area contributed by atoms with Crippen LogP contribution in [-0.4, -0.2) is 16.1 Å². The average molecular weight is 197 g/mol. The van der Waals surface area contributed by atoms with E-state index in [9.17, 15) is 14.4 Å². The van der Waals surface area contributed by atoms with Gasteiger partial charge in [0, 0.05) is 10.7 Å². The van der Waals surface area contributed by atoms with E-state index >= 15 is 0 Å². The summed E-state index contributed by atoms with van der Waals surface area (Å²) < 4.78 is 16.4. The van der Waals surface area contributed by atoms with E-state index < -0.39 is 17.5 Å². The van der Waals surface area contributed by atoms with Crippen LogP contribution < -0.4 is 0 Å². The first-order valence-corrected chi connectivity index (χ1v) is 3.62. The van der Waals surface area contributed by atoms with Crippen LogP contribution in [0.2, 0.25) is 0 Å². The molecular formula is C8H4FNO4. The van der Waals surface area contributed by atoms with Crippen LogP contribution in [0.25, 0.3) is 11.0 Å². The molecule has 6 heteroatoms. The maximum absolute atomic E-state index is 11.5. The van der Waals surface area contributed by atoms with Crippen molar-refractivity contribution in [3.05, 3.63) is 24.2 Å². The summed E-state index contributed by atoms with van der Waals surface area (Å²) in [7, 11) is 0. The Kier molecular flexibility index (Phi) is 1.81. The van der Waals surface area contributed by atoms with Crippen LogP contribution in [0.4, 0.5) is 4.53 Å². The number of halogens is 1. The highest BCUT2D eigenvalue weighted by Crippen LogP contribution is 2.31. The number of carbonyl (C=O) groups excluding carboxylic acids is 1. The summed E-state index contributed by atoms with van der Waals surface area (Å²) in [5.41, 5.74) is 0.186. The van der Waals surface area contributed by atoms with Gasteiger partial charge in [0.05, 0.1) is 11.6 Å². The highest BCUT2D eigenvalue weighted by molar-refractivity contribution is 5.97. The van der Waals surface area contributed by atoms with Gasteiger partial charge in [0.1, 0.15) is 0 Å². The first kappa shape index (κ1) is 8.49. The molecule has 0 aliphatic rings. The Labute approximate surface area is 76.6 Å². The molecule has 0 unspecified atom stereocenters. The maximum Gasteiger partial charge on any atom is 0.418 e. The molecule has 2 heterocycles. The van der Waals surface area contributed by atoms with Crippen molar-refractivity contribution in [1.29, 1.82) is 0 Å². The van der Waals surface area contributed by atoms with E-state index in [-0.39, 0.29) is 11.0 Å². The summed E-state index contributed by atoms with van der Waals surface area (Å²) in [6.45, 7) is 0. The SMILES string of the molecule is O=C(OF)c1oc2cnccc2c1O. The number of nitrogens with zero attached hydrogens (tertiary/aromatic N) is 1. The van der Waals surface area contributed by atoms with E-state index in [0.717, 1.165) is 0 Å². The smallest absolute Gasteiger partial charge is 0.418 e. The zero-order valence-corrected chi connectivity index (χ0v) is 6.73. The van der Waals surface area contributed by atoms with E-state index in [4.69, 9.17) is 4.42 Å². The van der Waals surface area contributed by atoms with Gasteiger partial charge in [0.25, 0.3) is 5.76 Å². The second-order valence-corrected chi connectivity index (χ2v) is 2.52. The standard InChI is InChI=1S/C8H4FNO4/c9-14-8(12)7-6(11)4-1-2-10-3-5(4)13-7/h1-3,11H. The molecule has 0 fully saturated rings. The summed E-state index contributed by atoms with van der Waals surface area (Å²) >= 11 is 0. The van der Waals surface area contributed by atoms with Gasteiger partial charge in [-0.3, -0.25) is 4.98 Å². The van der Waals surface area contributed by atoms with E-state index in [1.165, 1.54) is 18.5 Å². The lowest BCUT2D eigenvalue weighted by atomic mass is 10.3. The molecule has 0 saturated carbocycles. The molecule has 0 saturated heterocycles. The summed E-state index contributed by atoms with van der Waals surface area (Å²) in [4.78, 5) is 17.4. The molecule has 2 rings (SSSR count). The second kappa shape index (κ2) is 2.99. The predicted molar refractivity (Wildman–Crippen MR) is 42.2 cm³/mol.